The summed E-state index contributed by atoms with van der Waals surface area (Å²) in [6.07, 6.45) is 3.64. The Morgan fingerprint density at radius 2 is 1.78 bits per heavy atom. The predicted octanol–water partition coefficient (Wildman–Crippen LogP) is 7.02. The van der Waals surface area contributed by atoms with E-state index >= 15 is 0 Å². The maximum atomic E-state index is 14.2. The van der Waals surface area contributed by atoms with Gasteiger partial charge in [-0.1, -0.05) is 47.7 Å². The summed E-state index contributed by atoms with van der Waals surface area (Å²) in [4.78, 5) is 30.5. The second-order valence-electron chi connectivity index (χ2n) is 10.9. The number of nitro benzene ring substituents is 1. The van der Waals surface area contributed by atoms with Crippen molar-refractivity contribution in [2.24, 2.45) is 4.99 Å². The fourth-order valence-corrected chi connectivity index (χ4v) is 9.08. The summed E-state index contributed by atoms with van der Waals surface area (Å²) in [5.74, 6) is 1.47. The Bertz CT molecular complexity index is 2220. The third-order valence-electron chi connectivity index (χ3n) is 8.13. The molecule has 0 unspecified atom stereocenters. The number of benzene rings is 4. The van der Waals surface area contributed by atoms with Crippen molar-refractivity contribution < 1.29 is 14.4 Å². The maximum absolute atomic E-state index is 14.2. The summed E-state index contributed by atoms with van der Waals surface area (Å²) < 4.78 is 15.9. The molecule has 46 heavy (non-hydrogen) atoms. The van der Waals surface area contributed by atoms with E-state index in [1.54, 1.807) is 19.2 Å². The van der Waals surface area contributed by atoms with Crippen LogP contribution in [0.4, 0.5) is 5.69 Å². The molecule has 0 spiro atoms. The molecule has 1 aliphatic carbocycles. The monoisotopic (exact) mass is 853 g/mol. The molecule has 1 aromatic heterocycles. The van der Waals surface area contributed by atoms with E-state index in [9.17, 15) is 14.9 Å². The van der Waals surface area contributed by atoms with Crippen molar-refractivity contribution in [3.63, 3.8) is 0 Å². The molecule has 0 amide bonds. The van der Waals surface area contributed by atoms with E-state index in [4.69, 9.17) is 14.5 Å². The van der Waals surface area contributed by atoms with Crippen molar-refractivity contribution in [3.05, 3.63) is 155 Å². The number of aryl methyl sites for hydroxylation is 1. The molecule has 7 rings (SSSR count). The first-order chi connectivity index (χ1) is 22.3. The predicted molar refractivity (Wildman–Crippen MR) is 195 cm³/mol. The van der Waals surface area contributed by atoms with Crippen LogP contribution in [0.15, 0.2) is 100 Å². The van der Waals surface area contributed by atoms with Crippen molar-refractivity contribution in [2.45, 2.75) is 25.5 Å². The fraction of sp³-hybridized carbons (Fsp3) is 0.143. The van der Waals surface area contributed by atoms with Gasteiger partial charge < -0.3 is 9.47 Å². The smallest absolute Gasteiger partial charge is 0.271 e. The van der Waals surface area contributed by atoms with Crippen molar-refractivity contribution in [3.8, 4) is 11.5 Å². The van der Waals surface area contributed by atoms with Crippen LogP contribution in [0.25, 0.3) is 11.8 Å². The highest BCUT2D eigenvalue weighted by Gasteiger charge is 2.32. The van der Waals surface area contributed by atoms with E-state index in [0.29, 0.717) is 9.33 Å². The van der Waals surface area contributed by atoms with E-state index in [1.165, 1.54) is 29.0 Å². The van der Waals surface area contributed by atoms with E-state index < -0.39 is 4.92 Å². The van der Waals surface area contributed by atoms with Gasteiger partial charge in [-0.25, -0.2) is 4.99 Å². The third-order valence-corrected chi connectivity index (χ3v) is 10.7. The van der Waals surface area contributed by atoms with Gasteiger partial charge in [-0.05, 0) is 128 Å². The standard InChI is InChI=1S/C35H25I2N3O5S/c1-44-25-7-4-6-23(18-25)32-27-14-11-22-5-2-3-8-26(22)31(27)38-35-39(32)34(41)30(46-35)17-21-15-28(36)33(29(37)16-21)45-19-20-9-12-24(13-10-20)40(42)43/h2-10,12-13,15-18,32H,11,14,19H2,1H3/b30-17+/t32-/m0/s1. The fourth-order valence-electron chi connectivity index (χ4n) is 5.96. The first-order valence-electron chi connectivity index (χ1n) is 14.4. The van der Waals surface area contributed by atoms with Crippen molar-refractivity contribution in [1.29, 1.82) is 0 Å². The number of nitrogens with zero attached hydrogens (tertiary/aromatic N) is 3. The van der Waals surface area contributed by atoms with Gasteiger partial charge in [0.15, 0.2) is 4.80 Å². The van der Waals surface area contributed by atoms with Crippen LogP contribution < -0.4 is 24.4 Å². The summed E-state index contributed by atoms with van der Waals surface area (Å²) in [6, 6.07) is 26.4. The third kappa shape index (κ3) is 5.79. The summed E-state index contributed by atoms with van der Waals surface area (Å²) in [5.41, 5.74) is 7.18. The number of non-ortho nitro benzene ring substituents is 1. The molecule has 0 fully saturated rings. The quantitative estimate of drug-likeness (QED) is 0.0997. The van der Waals surface area contributed by atoms with E-state index in [0.717, 1.165) is 65.0 Å². The van der Waals surface area contributed by atoms with Gasteiger partial charge in [-0.2, -0.15) is 0 Å². The average molecular weight is 853 g/mol. The molecule has 11 heteroatoms. The molecule has 2 aliphatic rings. The second-order valence-corrected chi connectivity index (χ2v) is 14.2. The summed E-state index contributed by atoms with van der Waals surface area (Å²) in [7, 11) is 1.65. The van der Waals surface area contributed by atoms with Crippen LogP contribution in [0, 0.1) is 17.3 Å². The Morgan fingerprint density at radius 1 is 1.02 bits per heavy atom. The molecule has 0 N–H and O–H groups in total. The van der Waals surface area contributed by atoms with E-state index in [-0.39, 0.29) is 23.9 Å². The molecule has 1 atom stereocenters. The van der Waals surface area contributed by atoms with Gasteiger partial charge in [0.1, 0.15) is 18.1 Å². The van der Waals surface area contributed by atoms with Crippen LogP contribution in [0.3, 0.4) is 0 Å². The summed E-state index contributed by atoms with van der Waals surface area (Å²) in [5, 5.41) is 11.0. The number of hydrogen-bond donors (Lipinski definition) is 0. The molecule has 4 aromatic carbocycles. The van der Waals surface area contributed by atoms with Crippen LogP contribution in [-0.2, 0) is 13.0 Å². The number of methoxy groups -OCH3 is 1. The van der Waals surface area contributed by atoms with Crippen LogP contribution in [-0.4, -0.2) is 16.6 Å². The van der Waals surface area contributed by atoms with E-state index in [1.807, 2.05) is 47.0 Å². The molecule has 0 saturated heterocycles. The number of ether oxygens (including phenoxy) is 2. The number of allylic oxidation sites excluding steroid dienone is 1. The molecular formula is C35H25I2N3O5S. The highest BCUT2D eigenvalue weighted by atomic mass is 127. The van der Waals surface area contributed by atoms with Crippen LogP contribution in [0.1, 0.15) is 40.3 Å². The number of thiazole rings is 1. The highest BCUT2D eigenvalue weighted by Crippen LogP contribution is 2.41. The minimum absolute atomic E-state index is 0.0438. The van der Waals surface area contributed by atoms with Gasteiger partial charge in [0.25, 0.3) is 11.2 Å². The van der Waals surface area contributed by atoms with Gasteiger partial charge in [-0.15, -0.1) is 0 Å². The Balaban J connectivity index is 1.28. The number of aromatic nitrogens is 1. The number of nitro groups is 1. The zero-order valence-corrected chi connectivity index (χ0v) is 29.5. The molecule has 1 aliphatic heterocycles. The first kappa shape index (κ1) is 30.8. The SMILES string of the molecule is COc1cccc([C@H]2C3=C(N=c4s/c(=C/c5cc(I)c(OCc6ccc([N+](=O)[O-])cc6)c(I)c5)c(=O)n42)c2ccccc2CC3)c1. The normalized spacial score (nSPS) is 15.5. The minimum Gasteiger partial charge on any atom is -0.497 e. The van der Waals surface area contributed by atoms with Gasteiger partial charge in [-0.3, -0.25) is 19.5 Å². The zero-order valence-electron chi connectivity index (χ0n) is 24.4. The molecule has 2 heterocycles. The largest absolute Gasteiger partial charge is 0.497 e. The molecule has 0 saturated carbocycles. The van der Waals surface area contributed by atoms with Crippen LogP contribution >= 0.6 is 56.5 Å². The Labute approximate surface area is 295 Å². The van der Waals surface area contributed by atoms with Crippen LogP contribution in [0.2, 0.25) is 0 Å². The molecule has 0 bridgehead atoms. The molecule has 5 aromatic rings. The number of fused-ring (bicyclic) bond motifs is 3. The lowest BCUT2D eigenvalue weighted by molar-refractivity contribution is -0.384. The lowest BCUT2D eigenvalue weighted by Crippen LogP contribution is -2.38. The van der Waals surface area contributed by atoms with Gasteiger partial charge >= 0.3 is 0 Å². The molecule has 0 radical (unpaired) electrons. The van der Waals surface area contributed by atoms with Crippen molar-refractivity contribution >= 4 is 74.0 Å². The Morgan fingerprint density at radius 3 is 2.52 bits per heavy atom. The number of halogens is 2. The lowest BCUT2D eigenvalue weighted by atomic mass is 9.83. The van der Waals surface area contributed by atoms with Gasteiger partial charge in [0, 0.05) is 17.7 Å². The average Bonchev–Trinajstić information content (AvgIpc) is 3.37. The molecule has 8 nitrogen and oxygen atoms in total. The lowest BCUT2D eigenvalue weighted by Gasteiger charge is -2.31. The number of hydrogen-bond acceptors (Lipinski definition) is 7. The molecule has 230 valence electrons. The highest BCUT2D eigenvalue weighted by molar-refractivity contribution is 14.1. The maximum Gasteiger partial charge on any atom is 0.271 e. The van der Waals surface area contributed by atoms with Gasteiger partial charge in [0.2, 0.25) is 0 Å². The van der Waals surface area contributed by atoms with Crippen molar-refractivity contribution in [1.82, 2.24) is 4.57 Å². The number of rotatable bonds is 7. The summed E-state index contributed by atoms with van der Waals surface area (Å²) >= 11 is 5.88. The topological polar surface area (TPSA) is 96.0 Å². The second kappa shape index (κ2) is 12.8. The van der Waals surface area contributed by atoms with Crippen LogP contribution in [0.5, 0.6) is 11.5 Å². The van der Waals surface area contributed by atoms with E-state index in [2.05, 4.69) is 69.4 Å². The van der Waals surface area contributed by atoms with Gasteiger partial charge in [0.05, 0.1) is 35.4 Å². The molecular weight excluding hydrogens is 828 g/mol. The minimum atomic E-state index is -0.418. The Hall–Kier alpha value is -3.82. The Kier molecular flexibility index (Phi) is 8.55. The first-order valence-corrected chi connectivity index (χ1v) is 17.4. The van der Waals surface area contributed by atoms with Crippen molar-refractivity contribution in [2.75, 3.05) is 7.11 Å². The summed E-state index contributed by atoms with van der Waals surface area (Å²) in [6.45, 7) is 0.278. The zero-order chi connectivity index (χ0) is 31.9.